The Kier molecular flexibility index (Phi) is 5.79. The molecule has 0 unspecified atom stereocenters. The molecule has 1 amide bonds. The summed E-state index contributed by atoms with van der Waals surface area (Å²) < 4.78 is 2.37. The van der Waals surface area contributed by atoms with Gasteiger partial charge in [-0.3, -0.25) is 9.78 Å². The summed E-state index contributed by atoms with van der Waals surface area (Å²) in [5.41, 5.74) is 3.99. The van der Waals surface area contributed by atoms with Crippen LogP contribution in [0.15, 0.2) is 36.8 Å². The lowest BCUT2D eigenvalue weighted by Crippen LogP contribution is -2.41. The first-order chi connectivity index (χ1) is 17.5. The highest BCUT2D eigenvalue weighted by atomic mass is 16.3. The van der Waals surface area contributed by atoms with Crippen LogP contribution in [0.5, 0.6) is 0 Å². The third-order valence-electron chi connectivity index (χ3n) is 7.65. The third-order valence-corrected chi connectivity index (χ3v) is 7.65. The zero-order valence-electron chi connectivity index (χ0n) is 20.7. The number of aliphatic hydroxyl groups excluding tert-OH is 1. The Balaban J connectivity index is 1.31. The molecular formula is C27H31N7O2. The van der Waals surface area contributed by atoms with Gasteiger partial charge in [0.05, 0.1) is 11.7 Å². The van der Waals surface area contributed by atoms with Crippen molar-refractivity contribution in [3.8, 4) is 0 Å². The number of carbonyl (C=O) groups is 1. The second kappa shape index (κ2) is 9.13. The van der Waals surface area contributed by atoms with E-state index in [9.17, 15) is 9.90 Å². The lowest BCUT2D eigenvalue weighted by molar-refractivity contribution is -0.140. The van der Waals surface area contributed by atoms with Gasteiger partial charge in [-0.2, -0.15) is 4.98 Å². The summed E-state index contributed by atoms with van der Waals surface area (Å²) in [5.74, 6) is 1.71. The first-order valence-electron chi connectivity index (χ1n) is 12.8. The number of carbonyl (C=O) groups excluding carboxylic acids is 1. The monoisotopic (exact) mass is 485 g/mol. The van der Waals surface area contributed by atoms with Gasteiger partial charge in [-0.15, -0.1) is 0 Å². The number of rotatable bonds is 4. The Morgan fingerprint density at radius 2 is 1.94 bits per heavy atom. The fraction of sp³-hybridized carbons (Fsp3) is 0.444. The zero-order chi connectivity index (χ0) is 24.8. The van der Waals surface area contributed by atoms with E-state index in [-0.39, 0.29) is 5.91 Å². The fourth-order valence-electron chi connectivity index (χ4n) is 5.65. The normalized spacial score (nSPS) is 20.9. The molecule has 1 aliphatic carbocycles. The van der Waals surface area contributed by atoms with Gasteiger partial charge >= 0.3 is 0 Å². The number of amides is 1. The molecule has 9 heteroatoms. The van der Waals surface area contributed by atoms with Crippen LogP contribution in [0.2, 0.25) is 0 Å². The third kappa shape index (κ3) is 4.07. The smallest absolute Gasteiger partial charge is 0.251 e. The summed E-state index contributed by atoms with van der Waals surface area (Å²) in [6, 6.07) is 6.33. The highest BCUT2D eigenvalue weighted by Crippen LogP contribution is 2.38. The van der Waals surface area contributed by atoms with Gasteiger partial charge in [0, 0.05) is 54.4 Å². The number of anilines is 2. The van der Waals surface area contributed by atoms with E-state index >= 15 is 0 Å². The number of aromatic nitrogens is 5. The Hall–Kier alpha value is -3.59. The van der Waals surface area contributed by atoms with Crippen molar-refractivity contribution >= 4 is 39.6 Å². The van der Waals surface area contributed by atoms with Crippen molar-refractivity contribution in [2.24, 2.45) is 5.92 Å². The fourth-order valence-corrected chi connectivity index (χ4v) is 5.65. The number of fused-ring (bicyclic) bond motifs is 4. The summed E-state index contributed by atoms with van der Waals surface area (Å²) >= 11 is 0. The Labute approximate surface area is 209 Å². The molecular weight excluding hydrogens is 454 g/mol. The van der Waals surface area contributed by atoms with Crippen LogP contribution >= 0.6 is 0 Å². The maximum absolute atomic E-state index is 12.2. The van der Waals surface area contributed by atoms with Crippen molar-refractivity contribution < 1.29 is 9.90 Å². The molecule has 0 spiro atoms. The summed E-state index contributed by atoms with van der Waals surface area (Å²) in [7, 11) is 0. The molecule has 2 aliphatic rings. The van der Waals surface area contributed by atoms with Gasteiger partial charge in [0.15, 0.2) is 0 Å². The van der Waals surface area contributed by atoms with Crippen LogP contribution in [0.3, 0.4) is 0 Å². The highest BCUT2D eigenvalue weighted by Gasteiger charge is 2.26. The van der Waals surface area contributed by atoms with E-state index in [1.54, 1.807) is 4.90 Å². The first-order valence-corrected chi connectivity index (χ1v) is 12.8. The molecule has 186 valence electrons. The largest absolute Gasteiger partial charge is 0.384 e. The van der Waals surface area contributed by atoms with Gasteiger partial charge in [-0.1, -0.05) is 13.0 Å². The molecule has 2 N–H and O–H groups in total. The molecule has 4 aromatic rings. The van der Waals surface area contributed by atoms with E-state index in [4.69, 9.17) is 9.97 Å². The SMILES string of the molecule is CC1CCC(n2c3cnccc3c3cnc(Nc4ccc5c(n4)CCN(C(=O)[C@H](C)O)C5)nc32)CC1. The minimum Gasteiger partial charge on any atom is -0.384 e. The van der Waals surface area contributed by atoms with Gasteiger partial charge in [0.1, 0.15) is 17.6 Å². The number of aliphatic hydroxyl groups is 1. The molecule has 9 nitrogen and oxygen atoms in total. The quantitative estimate of drug-likeness (QED) is 0.447. The van der Waals surface area contributed by atoms with Gasteiger partial charge < -0.3 is 19.9 Å². The summed E-state index contributed by atoms with van der Waals surface area (Å²) in [4.78, 5) is 32.6. The maximum atomic E-state index is 12.2. The van der Waals surface area contributed by atoms with E-state index in [0.717, 1.165) is 52.0 Å². The number of nitrogens with one attached hydrogen (secondary N) is 1. The van der Waals surface area contributed by atoms with Gasteiger partial charge in [0.2, 0.25) is 5.95 Å². The molecule has 36 heavy (non-hydrogen) atoms. The molecule has 1 saturated carbocycles. The number of pyridine rings is 2. The van der Waals surface area contributed by atoms with E-state index in [0.29, 0.717) is 37.3 Å². The average Bonchev–Trinajstić information content (AvgIpc) is 3.22. The summed E-state index contributed by atoms with van der Waals surface area (Å²) in [6.07, 6.45) is 10.1. The van der Waals surface area contributed by atoms with E-state index in [1.807, 2.05) is 36.8 Å². The van der Waals surface area contributed by atoms with Crippen molar-refractivity contribution in [3.05, 3.63) is 48.0 Å². The van der Waals surface area contributed by atoms with Crippen LogP contribution in [0, 0.1) is 5.92 Å². The molecule has 0 saturated heterocycles. The van der Waals surface area contributed by atoms with Crippen molar-refractivity contribution in [2.75, 3.05) is 11.9 Å². The predicted octanol–water partition coefficient (Wildman–Crippen LogP) is 4.13. The second-order valence-electron chi connectivity index (χ2n) is 10.2. The number of nitrogens with zero attached hydrogens (tertiary/aromatic N) is 6. The molecule has 6 rings (SSSR count). The van der Waals surface area contributed by atoms with Crippen LogP contribution in [0.4, 0.5) is 11.8 Å². The van der Waals surface area contributed by atoms with Crippen molar-refractivity contribution in [1.29, 1.82) is 0 Å². The molecule has 1 atom stereocenters. The summed E-state index contributed by atoms with van der Waals surface area (Å²) in [6.45, 7) is 4.85. The molecule has 0 radical (unpaired) electrons. The first kappa shape index (κ1) is 22.8. The van der Waals surface area contributed by atoms with Crippen LogP contribution in [-0.4, -0.2) is 53.1 Å². The van der Waals surface area contributed by atoms with E-state index in [2.05, 4.69) is 26.8 Å². The van der Waals surface area contributed by atoms with Crippen LogP contribution in [0.1, 0.15) is 56.8 Å². The van der Waals surface area contributed by atoms with Crippen LogP contribution in [-0.2, 0) is 17.8 Å². The second-order valence-corrected chi connectivity index (χ2v) is 10.2. The van der Waals surface area contributed by atoms with Crippen molar-refractivity contribution in [2.45, 2.75) is 64.6 Å². The molecule has 1 fully saturated rings. The van der Waals surface area contributed by atoms with Gasteiger partial charge in [-0.05, 0) is 56.2 Å². The Bertz CT molecular complexity index is 1440. The lowest BCUT2D eigenvalue weighted by atomic mass is 9.87. The van der Waals surface area contributed by atoms with E-state index in [1.165, 1.54) is 19.8 Å². The average molecular weight is 486 g/mol. The zero-order valence-corrected chi connectivity index (χ0v) is 20.7. The number of hydrogen-bond donors (Lipinski definition) is 2. The molecule has 1 aliphatic heterocycles. The molecule has 4 aromatic heterocycles. The Morgan fingerprint density at radius 3 is 2.75 bits per heavy atom. The van der Waals surface area contributed by atoms with Crippen LogP contribution in [0.25, 0.3) is 21.9 Å². The maximum Gasteiger partial charge on any atom is 0.251 e. The standard InChI is InChI=1S/C27H31N7O2/c1-16-3-6-19(7-4-16)34-23-14-28-11-9-20(23)21-13-29-27(32-25(21)34)31-24-8-5-18-15-33(26(36)17(2)35)12-10-22(18)30-24/h5,8-9,11,13-14,16-17,19,35H,3-4,6-7,10,12,15H2,1-2H3,(H,29,30,31,32)/t16?,17-,19?/m0/s1. The summed E-state index contributed by atoms with van der Waals surface area (Å²) in [5, 5.41) is 15.1. The molecule has 0 aromatic carbocycles. The topological polar surface area (TPSA) is 109 Å². The number of hydrogen-bond acceptors (Lipinski definition) is 7. The van der Waals surface area contributed by atoms with Crippen molar-refractivity contribution in [1.82, 2.24) is 29.4 Å². The molecule has 0 bridgehead atoms. The van der Waals surface area contributed by atoms with Crippen LogP contribution < -0.4 is 5.32 Å². The highest BCUT2D eigenvalue weighted by molar-refractivity contribution is 6.06. The lowest BCUT2D eigenvalue weighted by Gasteiger charge is -2.29. The Morgan fingerprint density at radius 1 is 1.11 bits per heavy atom. The minimum absolute atomic E-state index is 0.248. The van der Waals surface area contributed by atoms with Crippen molar-refractivity contribution in [3.63, 3.8) is 0 Å². The van der Waals surface area contributed by atoms with Gasteiger partial charge in [0.25, 0.3) is 5.91 Å². The molecule has 5 heterocycles. The minimum atomic E-state index is -0.990. The van der Waals surface area contributed by atoms with E-state index < -0.39 is 6.10 Å². The predicted molar refractivity (Wildman–Crippen MR) is 138 cm³/mol. The van der Waals surface area contributed by atoms with Gasteiger partial charge in [-0.25, -0.2) is 9.97 Å².